The summed E-state index contributed by atoms with van der Waals surface area (Å²) >= 11 is 0. The number of anilines is 1. The van der Waals surface area contributed by atoms with E-state index >= 15 is 0 Å². The van der Waals surface area contributed by atoms with Crippen LogP contribution in [0.1, 0.15) is 18.1 Å². The zero-order valence-corrected chi connectivity index (χ0v) is 12.1. The Morgan fingerprint density at radius 2 is 2.29 bits per heavy atom. The molecule has 0 amide bonds. The second kappa shape index (κ2) is 5.11. The number of hydrogen-bond acceptors (Lipinski definition) is 6. The van der Waals surface area contributed by atoms with E-state index in [9.17, 15) is 0 Å². The van der Waals surface area contributed by atoms with Gasteiger partial charge in [0.2, 0.25) is 5.89 Å². The summed E-state index contributed by atoms with van der Waals surface area (Å²) in [5.74, 6) is 3.24. The lowest BCUT2D eigenvalue weighted by Crippen LogP contribution is -2.35. The van der Waals surface area contributed by atoms with Crippen molar-refractivity contribution in [3.63, 3.8) is 0 Å². The Morgan fingerprint density at radius 3 is 3.05 bits per heavy atom. The van der Waals surface area contributed by atoms with Gasteiger partial charge in [0.1, 0.15) is 5.82 Å². The van der Waals surface area contributed by atoms with Crippen molar-refractivity contribution in [2.75, 3.05) is 24.5 Å². The highest BCUT2D eigenvalue weighted by atomic mass is 16.5. The molecule has 2 aromatic rings. The fourth-order valence-corrected chi connectivity index (χ4v) is 3.56. The second-order valence-electron chi connectivity index (χ2n) is 5.91. The Bertz CT molecular complexity index is 614. The molecule has 0 spiro atoms. The normalized spacial score (nSPS) is 25.5. The van der Waals surface area contributed by atoms with Gasteiger partial charge in [-0.1, -0.05) is 11.2 Å². The summed E-state index contributed by atoms with van der Waals surface area (Å²) in [5, 5.41) is 4.02. The highest BCUT2D eigenvalue weighted by Crippen LogP contribution is 2.33. The molecule has 0 bridgehead atoms. The van der Waals surface area contributed by atoms with Crippen LogP contribution in [0.2, 0.25) is 0 Å². The van der Waals surface area contributed by atoms with Crippen molar-refractivity contribution in [2.45, 2.75) is 25.9 Å². The van der Waals surface area contributed by atoms with Crippen molar-refractivity contribution >= 4 is 5.82 Å². The van der Waals surface area contributed by atoms with Gasteiger partial charge in [-0.15, -0.1) is 0 Å². The number of likely N-dealkylation sites (tertiary alicyclic amines) is 1. The third-order valence-electron chi connectivity index (χ3n) is 4.55. The zero-order valence-electron chi connectivity index (χ0n) is 12.1. The minimum Gasteiger partial charge on any atom is -0.355 e. The number of fused-ring (bicyclic) bond motifs is 1. The molecule has 6 nitrogen and oxygen atoms in total. The van der Waals surface area contributed by atoms with Gasteiger partial charge in [0, 0.05) is 32.3 Å². The summed E-state index contributed by atoms with van der Waals surface area (Å²) in [4.78, 5) is 13.7. The fourth-order valence-electron chi connectivity index (χ4n) is 3.56. The first kappa shape index (κ1) is 12.8. The molecule has 21 heavy (non-hydrogen) atoms. The molecule has 0 radical (unpaired) electrons. The highest BCUT2D eigenvalue weighted by molar-refractivity contribution is 5.40. The average molecular weight is 285 g/mol. The smallest absolute Gasteiger partial charge is 0.223 e. The maximum Gasteiger partial charge on any atom is 0.223 e. The summed E-state index contributed by atoms with van der Waals surface area (Å²) in [6, 6.07) is 6.68. The molecule has 0 N–H and O–H groups in total. The van der Waals surface area contributed by atoms with Crippen LogP contribution in [-0.4, -0.2) is 45.7 Å². The van der Waals surface area contributed by atoms with Crippen molar-refractivity contribution < 1.29 is 4.52 Å². The first-order valence-corrected chi connectivity index (χ1v) is 7.49. The van der Waals surface area contributed by atoms with Crippen LogP contribution in [0.25, 0.3) is 0 Å². The Morgan fingerprint density at radius 1 is 1.33 bits per heavy atom. The van der Waals surface area contributed by atoms with E-state index in [1.165, 1.54) is 6.42 Å². The number of nitrogens with zero attached hydrogens (tertiary/aromatic N) is 5. The molecule has 2 fully saturated rings. The van der Waals surface area contributed by atoms with E-state index in [0.717, 1.165) is 43.7 Å². The molecule has 6 heteroatoms. The van der Waals surface area contributed by atoms with Crippen LogP contribution >= 0.6 is 0 Å². The molecular formula is C15H19N5O. The van der Waals surface area contributed by atoms with Crippen molar-refractivity contribution in [3.05, 3.63) is 36.1 Å². The van der Waals surface area contributed by atoms with E-state index < -0.39 is 0 Å². The highest BCUT2D eigenvalue weighted by Gasteiger charge is 2.41. The van der Waals surface area contributed by atoms with Crippen LogP contribution in [0.3, 0.4) is 0 Å². The van der Waals surface area contributed by atoms with E-state index in [4.69, 9.17) is 4.52 Å². The Hall–Kier alpha value is -1.95. The van der Waals surface area contributed by atoms with E-state index in [1.54, 1.807) is 0 Å². The molecule has 4 heterocycles. The molecule has 2 aromatic heterocycles. The van der Waals surface area contributed by atoms with E-state index in [2.05, 4.69) is 37.1 Å². The molecule has 2 aliphatic heterocycles. The van der Waals surface area contributed by atoms with Crippen LogP contribution in [0.5, 0.6) is 0 Å². The number of pyridine rings is 1. The van der Waals surface area contributed by atoms with E-state index in [1.807, 2.05) is 19.2 Å². The number of rotatable bonds is 3. The van der Waals surface area contributed by atoms with Gasteiger partial charge in [0.05, 0.1) is 6.54 Å². The van der Waals surface area contributed by atoms with E-state index in [0.29, 0.717) is 11.9 Å². The maximum absolute atomic E-state index is 5.07. The monoisotopic (exact) mass is 285 g/mol. The Labute approximate surface area is 123 Å². The van der Waals surface area contributed by atoms with Crippen molar-refractivity contribution in [1.29, 1.82) is 0 Å². The van der Waals surface area contributed by atoms with Crippen LogP contribution in [0.15, 0.2) is 28.9 Å². The van der Waals surface area contributed by atoms with Gasteiger partial charge < -0.3 is 9.42 Å². The quantitative estimate of drug-likeness (QED) is 0.851. The van der Waals surface area contributed by atoms with Crippen molar-refractivity contribution in [2.24, 2.45) is 5.92 Å². The summed E-state index contributed by atoms with van der Waals surface area (Å²) < 4.78 is 5.07. The minimum atomic E-state index is 0.575. The number of aromatic nitrogens is 3. The third kappa shape index (κ3) is 2.40. The molecule has 0 aliphatic carbocycles. The van der Waals surface area contributed by atoms with E-state index in [-0.39, 0.29) is 0 Å². The fraction of sp³-hybridized carbons (Fsp3) is 0.533. The predicted octanol–water partition coefficient (Wildman–Crippen LogP) is 1.48. The summed E-state index contributed by atoms with van der Waals surface area (Å²) in [5.41, 5.74) is 0. The molecule has 2 saturated heterocycles. The first-order chi connectivity index (χ1) is 10.3. The van der Waals surface area contributed by atoms with Gasteiger partial charge in [-0.3, -0.25) is 4.90 Å². The van der Waals surface area contributed by atoms with Crippen molar-refractivity contribution in [1.82, 2.24) is 20.0 Å². The van der Waals surface area contributed by atoms with Gasteiger partial charge in [-0.05, 0) is 31.0 Å². The second-order valence-corrected chi connectivity index (χ2v) is 5.91. The molecule has 110 valence electrons. The van der Waals surface area contributed by atoms with Gasteiger partial charge in [-0.25, -0.2) is 4.98 Å². The third-order valence-corrected chi connectivity index (χ3v) is 4.55. The van der Waals surface area contributed by atoms with Crippen LogP contribution in [0, 0.1) is 12.8 Å². The largest absolute Gasteiger partial charge is 0.355 e. The molecule has 2 aliphatic rings. The predicted molar refractivity (Wildman–Crippen MR) is 77.8 cm³/mol. The molecule has 0 aromatic carbocycles. The van der Waals surface area contributed by atoms with Crippen molar-refractivity contribution in [3.8, 4) is 0 Å². The summed E-state index contributed by atoms with van der Waals surface area (Å²) in [7, 11) is 0. The topological polar surface area (TPSA) is 58.3 Å². The van der Waals surface area contributed by atoms with Gasteiger partial charge in [0.15, 0.2) is 5.82 Å². The lowest BCUT2D eigenvalue weighted by molar-refractivity contribution is 0.236. The Balaban J connectivity index is 1.46. The average Bonchev–Trinajstić information content (AvgIpc) is 3.18. The molecular weight excluding hydrogens is 266 g/mol. The van der Waals surface area contributed by atoms with Crippen LogP contribution in [-0.2, 0) is 6.54 Å². The lowest BCUT2D eigenvalue weighted by atomic mass is 10.1. The zero-order chi connectivity index (χ0) is 14.2. The molecule has 2 unspecified atom stereocenters. The molecule has 2 atom stereocenters. The maximum atomic E-state index is 5.07. The first-order valence-electron chi connectivity index (χ1n) is 7.49. The minimum absolute atomic E-state index is 0.575. The van der Waals surface area contributed by atoms with Crippen LogP contribution < -0.4 is 4.90 Å². The lowest BCUT2D eigenvalue weighted by Gasteiger charge is -2.23. The van der Waals surface area contributed by atoms with Gasteiger partial charge in [0.25, 0.3) is 0 Å². The SMILES string of the molecule is Cc1nc(CN2CCC3CN(c4ccccn4)CC32)no1. The van der Waals surface area contributed by atoms with Gasteiger partial charge >= 0.3 is 0 Å². The standard InChI is InChI=1S/C15H19N5O/c1-11-17-14(18-21-11)10-19-7-5-12-8-20(9-13(12)19)15-4-2-3-6-16-15/h2-4,6,12-13H,5,7-10H2,1H3. The summed E-state index contributed by atoms with van der Waals surface area (Å²) in [6.45, 7) is 5.89. The molecule has 4 rings (SSSR count). The Kier molecular flexibility index (Phi) is 3.11. The summed E-state index contributed by atoms with van der Waals surface area (Å²) in [6.07, 6.45) is 3.11. The number of hydrogen-bond donors (Lipinski definition) is 0. The van der Waals surface area contributed by atoms with Crippen LogP contribution in [0.4, 0.5) is 5.82 Å². The molecule has 0 saturated carbocycles. The number of aryl methyl sites for hydroxylation is 1. The van der Waals surface area contributed by atoms with Gasteiger partial charge in [-0.2, -0.15) is 4.98 Å².